The first-order valence-corrected chi connectivity index (χ1v) is 5.47. The number of hydrogen-bond donors (Lipinski definition) is 1. The fraction of sp³-hybridized carbons (Fsp3) is 0.400. The highest BCUT2D eigenvalue weighted by Crippen LogP contribution is 2.25. The van der Waals surface area contributed by atoms with E-state index < -0.39 is 11.4 Å². The first-order valence-electron chi connectivity index (χ1n) is 4.44. The van der Waals surface area contributed by atoms with E-state index >= 15 is 0 Å². The molecular weight excluding hydrogens is 200 g/mol. The summed E-state index contributed by atoms with van der Waals surface area (Å²) in [5.41, 5.74) is 0.921. The van der Waals surface area contributed by atoms with Crippen LogP contribution in [0.4, 0.5) is 0 Å². The number of benzene rings is 1. The maximum absolute atomic E-state index is 10.6. The largest absolute Gasteiger partial charge is 0.302 e. The second-order valence-corrected chi connectivity index (χ2v) is 4.02. The Bertz CT molecular complexity index is 297. The quantitative estimate of drug-likeness (QED) is 0.783. The van der Waals surface area contributed by atoms with Crippen LogP contribution in [0.2, 0.25) is 0 Å². The third kappa shape index (κ3) is 3.21. The van der Waals surface area contributed by atoms with Crippen LogP contribution in [-0.2, 0) is 15.5 Å². The van der Waals surface area contributed by atoms with Crippen LogP contribution in [0, 0.1) is 5.92 Å². The van der Waals surface area contributed by atoms with Gasteiger partial charge in [-0.1, -0.05) is 44.2 Å². The molecule has 78 valence electrons. The molecule has 3 nitrogen and oxygen atoms in total. The number of hydrogen-bond acceptors (Lipinski definition) is 2. The molecule has 1 aromatic rings. The van der Waals surface area contributed by atoms with Crippen molar-refractivity contribution in [3.63, 3.8) is 0 Å². The third-order valence-corrected chi connectivity index (χ3v) is 2.29. The second kappa shape index (κ2) is 5.24. The molecule has 0 aliphatic heterocycles. The average Bonchev–Trinajstić information content (AvgIpc) is 2.15. The van der Waals surface area contributed by atoms with E-state index in [0.29, 0.717) is 0 Å². The van der Waals surface area contributed by atoms with E-state index in [9.17, 15) is 4.21 Å². The van der Waals surface area contributed by atoms with Crippen LogP contribution in [0.3, 0.4) is 0 Å². The summed E-state index contributed by atoms with van der Waals surface area (Å²) >= 11 is -2.22. The molecule has 0 aliphatic rings. The van der Waals surface area contributed by atoms with Gasteiger partial charge in [0.05, 0.1) is 0 Å². The van der Waals surface area contributed by atoms with Crippen molar-refractivity contribution in [2.45, 2.75) is 20.0 Å². The molecule has 0 aromatic heterocycles. The highest BCUT2D eigenvalue weighted by molar-refractivity contribution is 7.74. The van der Waals surface area contributed by atoms with E-state index in [0.717, 1.165) is 5.56 Å². The first kappa shape index (κ1) is 11.4. The molecule has 0 spiro atoms. The smallest absolute Gasteiger partial charge is 0.284 e. The Balaban J connectivity index is 2.83. The van der Waals surface area contributed by atoms with Crippen molar-refractivity contribution >= 4 is 11.4 Å². The van der Waals surface area contributed by atoms with Crippen LogP contribution < -0.4 is 0 Å². The summed E-state index contributed by atoms with van der Waals surface area (Å²) in [5, 5.41) is 0. The average molecular weight is 214 g/mol. The van der Waals surface area contributed by atoms with Gasteiger partial charge in [0, 0.05) is 0 Å². The summed E-state index contributed by atoms with van der Waals surface area (Å²) in [7, 11) is 0. The predicted molar refractivity (Wildman–Crippen MR) is 55.9 cm³/mol. The van der Waals surface area contributed by atoms with Crippen LogP contribution in [0.15, 0.2) is 30.3 Å². The van der Waals surface area contributed by atoms with Crippen LogP contribution in [-0.4, -0.2) is 8.76 Å². The van der Waals surface area contributed by atoms with E-state index in [2.05, 4.69) is 0 Å². The summed E-state index contributed by atoms with van der Waals surface area (Å²) < 4.78 is 24.2. The summed E-state index contributed by atoms with van der Waals surface area (Å²) in [6.07, 6.45) is -0.331. The summed E-state index contributed by atoms with van der Waals surface area (Å²) in [6, 6.07) is 9.44. The van der Waals surface area contributed by atoms with Crippen molar-refractivity contribution in [1.82, 2.24) is 0 Å². The molecular formula is C10H14O3S. The van der Waals surface area contributed by atoms with Gasteiger partial charge in [0.2, 0.25) is 0 Å². The van der Waals surface area contributed by atoms with Gasteiger partial charge in [-0.25, -0.2) is 0 Å². The van der Waals surface area contributed by atoms with Gasteiger partial charge in [-0.3, -0.25) is 8.74 Å². The minimum absolute atomic E-state index is 0.161. The molecule has 0 bridgehead atoms. The Morgan fingerprint density at radius 2 is 1.86 bits per heavy atom. The lowest BCUT2D eigenvalue weighted by Crippen LogP contribution is -2.12. The zero-order valence-corrected chi connectivity index (χ0v) is 9.03. The molecule has 0 aliphatic carbocycles. The minimum atomic E-state index is -2.22. The molecule has 0 amide bonds. The van der Waals surface area contributed by atoms with E-state index in [1.165, 1.54) is 0 Å². The maximum atomic E-state index is 10.6. The molecule has 4 heteroatoms. The highest BCUT2D eigenvalue weighted by Gasteiger charge is 2.18. The van der Waals surface area contributed by atoms with E-state index in [1.54, 1.807) is 0 Å². The van der Waals surface area contributed by atoms with E-state index in [4.69, 9.17) is 8.74 Å². The van der Waals surface area contributed by atoms with Gasteiger partial charge in [0.1, 0.15) is 6.10 Å². The maximum Gasteiger partial charge on any atom is 0.302 e. The summed E-state index contributed by atoms with van der Waals surface area (Å²) in [6.45, 7) is 3.90. The van der Waals surface area contributed by atoms with Crippen molar-refractivity contribution in [3.05, 3.63) is 35.9 Å². The Labute approximate surface area is 86.6 Å². The number of rotatable bonds is 4. The predicted octanol–water partition coefficient (Wildman–Crippen LogP) is 2.54. The van der Waals surface area contributed by atoms with Crippen molar-refractivity contribution in [1.29, 1.82) is 0 Å². The van der Waals surface area contributed by atoms with Crippen molar-refractivity contribution < 1.29 is 12.9 Å². The third-order valence-electron chi connectivity index (χ3n) is 1.92. The van der Waals surface area contributed by atoms with Crippen LogP contribution in [0.5, 0.6) is 0 Å². The van der Waals surface area contributed by atoms with Crippen molar-refractivity contribution in [2.75, 3.05) is 0 Å². The molecule has 1 aromatic carbocycles. The van der Waals surface area contributed by atoms with E-state index in [1.807, 2.05) is 44.2 Å². The van der Waals surface area contributed by atoms with Crippen molar-refractivity contribution in [3.8, 4) is 0 Å². The minimum Gasteiger partial charge on any atom is -0.284 e. The van der Waals surface area contributed by atoms with Gasteiger partial charge < -0.3 is 0 Å². The van der Waals surface area contributed by atoms with Gasteiger partial charge in [-0.2, -0.15) is 4.21 Å². The molecule has 1 rings (SSSR count). The van der Waals surface area contributed by atoms with Crippen LogP contribution >= 0.6 is 0 Å². The summed E-state index contributed by atoms with van der Waals surface area (Å²) in [4.78, 5) is 0. The standard InChI is InChI=1S/C10H14O3S/c1-8(2)10(13-14(11)12)9-6-4-3-5-7-9/h3-8,10H,1-2H3,(H,11,12). The molecule has 1 N–H and O–H groups in total. The van der Waals surface area contributed by atoms with Crippen LogP contribution in [0.25, 0.3) is 0 Å². The first-order chi connectivity index (χ1) is 6.61. The monoisotopic (exact) mass is 214 g/mol. The molecule has 0 saturated carbocycles. The molecule has 2 unspecified atom stereocenters. The molecule has 14 heavy (non-hydrogen) atoms. The lowest BCUT2D eigenvalue weighted by Gasteiger charge is -2.18. The van der Waals surface area contributed by atoms with Crippen molar-refractivity contribution in [2.24, 2.45) is 5.92 Å². The van der Waals surface area contributed by atoms with Gasteiger partial charge in [-0.05, 0) is 11.5 Å². The normalized spacial score (nSPS) is 15.4. The Hall–Kier alpha value is -0.710. The molecule has 0 saturated heterocycles. The lowest BCUT2D eigenvalue weighted by atomic mass is 9.99. The fourth-order valence-electron chi connectivity index (χ4n) is 1.28. The Kier molecular flexibility index (Phi) is 4.25. The molecule has 0 heterocycles. The fourth-order valence-corrected chi connectivity index (χ4v) is 1.79. The highest BCUT2D eigenvalue weighted by atomic mass is 32.2. The lowest BCUT2D eigenvalue weighted by molar-refractivity contribution is 0.157. The second-order valence-electron chi connectivity index (χ2n) is 3.39. The summed E-state index contributed by atoms with van der Waals surface area (Å²) in [5.74, 6) is 0.161. The van der Waals surface area contributed by atoms with Crippen LogP contribution in [0.1, 0.15) is 25.5 Å². The zero-order valence-electron chi connectivity index (χ0n) is 8.21. The Morgan fingerprint density at radius 1 is 1.29 bits per heavy atom. The molecule has 0 fully saturated rings. The molecule has 0 radical (unpaired) electrons. The van der Waals surface area contributed by atoms with Gasteiger partial charge in [0.25, 0.3) is 0 Å². The van der Waals surface area contributed by atoms with Gasteiger partial charge >= 0.3 is 11.4 Å². The Morgan fingerprint density at radius 3 is 2.29 bits per heavy atom. The topological polar surface area (TPSA) is 46.5 Å². The van der Waals surface area contributed by atoms with E-state index in [-0.39, 0.29) is 12.0 Å². The van der Waals surface area contributed by atoms with Gasteiger partial charge in [-0.15, -0.1) is 0 Å². The van der Waals surface area contributed by atoms with Gasteiger partial charge in [0.15, 0.2) is 0 Å². The zero-order chi connectivity index (χ0) is 10.6. The SMILES string of the molecule is CC(C)C(OS(=O)O)c1ccccc1. The molecule has 2 atom stereocenters.